The number of benzene rings is 1. The molecule has 2 heteroatoms. The van der Waals surface area contributed by atoms with Gasteiger partial charge in [-0.3, -0.25) is 0 Å². The molecule has 0 bridgehead atoms. The molecule has 1 aromatic rings. The molecule has 0 heterocycles. The van der Waals surface area contributed by atoms with E-state index in [0.717, 1.165) is 4.47 Å². The highest BCUT2D eigenvalue weighted by molar-refractivity contribution is 9.10. The number of halogens is 1. The molecule has 0 saturated carbocycles. The zero-order valence-electron chi connectivity index (χ0n) is 8.96. The minimum atomic E-state index is 0.394. The van der Waals surface area contributed by atoms with E-state index < -0.39 is 0 Å². The number of allylic oxidation sites excluding steroid dienone is 1. The molecule has 0 radical (unpaired) electrons. The van der Waals surface area contributed by atoms with Gasteiger partial charge < -0.3 is 5.32 Å². The second-order valence-corrected chi connectivity index (χ2v) is 4.86. The minimum Gasteiger partial charge on any atom is -0.310 e. The third kappa shape index (κ3) is 2.50. The molecule has 0 aromatic heterocycles. The van der Waals surface area contributed by atoms with E-state index in [4.69, 9.17) is 0 Å². The Kier molecular flexibility index (Phi) is 3.60. The van der Waals surface area contributed by atoms with E-state index in [1.807, 2.05) is 7.05 Å². The van der Waals surface area contributed by atoms with Crippen molar-refractivity contribution < 1.29 is 0 Å². The second kappa shape index (κ2) is 4.95. The summed E-state index contributed by atoms with van der Waals surface area (Å²) in [5.74, 6) is 0. The summed E-state index contributed by atoms with van der Waals surface area (Å²) in [6.07, 6.45) is 6.16. The largest absolute Gasteiger partial charge is 0.310 e. The van der Waals surface area contributed by atoms with E-state index in [1.54, 1.807) is 0 Å². The monoisotopic (exact) mass is 265 g/mol. The summed E-state index contributed by atoms with van der Waals surface area (Å²) in [6, 6.07) is 8.94. The highest BCUT2D eigenvalue weighted by Gasteiger charge is 2.17. The summed E-state index contributed by atoms with van der Waals surface area (Å²) >= 11 is 3.52. The minimum absolute atomic E-state index is 0.394. The van der Waals surface area contributed by atoms with Crippen molar-refractivity contribution in [3.63, 3.8) is 0 Å². The molecule has 0 aliphatic heterocycles. The van der Waals surface area contributed by atoms with Crippen molar-refractivity contribution in [1.82, 2.24) is 5.32 Å². The number of hydrogen-bond donors (Lipinski definition) is 1. The van der Waals surface area contributed by atoms with Crippen LogP contribution in [0.25, 0.3) is 0 Å². The highest BCUT2D eigenvalue weighted by Crippen LogP contribution is 2.31. The molecular formula is C13H16BrN. The van der Waals surface area contributed by atoms with Gasteiger partial charge in [0, 0.05) is 4.47 Å². The average Bonchev–Trinajstić information content (AvgIpc) is 2.72. The van der Waals surface area contributed by atoms with Crippen molar-refractivity contribution >= 4 is 15.9 Å². The molecule has 15 heavy (non-hydrogen) atoms. The third-order valence-electron chi connectivity index (χ3n) is 2.92. The molecule has 1 aliphatic carbocycles. The Morgan fingerprint density at radius 1 is 1.40 bits per heavy atom. The fraction of sp³-hybridized carbons (Fsp3) is 0.385. The van der Waals surface area contributed by atoms with Gasteiger partial charge in [0.1, 0.15) is 0 Å². The van der Waals surface area contributed by atoms with Crippen LogP contribution in [0.2, 0.25) is 0 Å². The average molecular weight is 266 g/mol. The quantitative estimate of drug-likeness (QED) is 0.820. The van der Waals surface area contributed by atoms with Crippen LogP contribution in [0.3, 0.4) is 0 Å². The SMILES string of the molecule is CNC(C1=CCCC1)c1cccc(Br)c1. The van der Waals surface area contributed by atoms with Gasteiger partial charge in [0.25, 0.3) is 0 Å². The number of hydrogen-bond acceptors (Lipinski definition) is 1. The summed E-state index contributed by atoms with van der Waals surface area (Å²) in [5, 5.41) is 3.40. The van der Waals surface area contributed by atoms with Crippen molar-refractivity contribution in [3.8, 4) is 0 Å². The van der Waals surface area contributed by atoms with E-state index in [2.05, 4.69) is 51.6 Å². The van der Waals surface area contributed by atoms with E-state index in [0.29, 0.717) is 6.04 Å². The first-order valence-electron chi connectivity index (χ1n) is 5.43. The van der Waals surface area contributed by atoms with Crippen LogP contribution >= 0.6 is 15.9 Å². The van der Waals surface area contributed by atoms with Crippen LogP contribution in [0.1, 0.15) is 30.9 Å². The van der Waals surface area contributed by atoms with Gasteiger partial charge in [0.2, 0.25) is 0 Å². The van der Waals surface area contributed by atoms with Crippen LogP contribution in [0, 0.1) is 0 Å². The zero-order valence-corrected chi connectivity index (χ0v) is 10.5. The van der Waals surface area contributed by atoms with Crippen LogP contribution in [0.4, 0.5) is 0 Å². The lowest BCUT2D eigenvalue weighted by Crippen LogP contribution is -2.17. The van der Waals surface area contributed by atoms with Gasteiger partial charge in [-0.15, -0.1) is 0 Å². The Morgan fingerprint density at radius 3 is 2.87 bits per heavy atom. The first-order valence-corrected chi connectivity index (χ1v) is 6.22. The highest BCUT2D eigenvalue weighted by atomic mass is 79.9. The molecule has 1 aliphatic rings. The molecule has 80 valence electrons. The Balaban J connectivity index is 2.26. The van der Waals surface area contributed by atoms with Gasteiger partial charge in [-0.1, -0.05) is 39.7 Å². The molecule has 0 fully saturated rings. The molecule has 0 spiro atoms. The smallest absolute Gasteiger partial charge is 0.0534 e. The first-order chi connectivity index (χ1) is 7.31. The summed E-state index contributed by atoms with van der Waals surface area (Å²) in [6.45, 7) is 0. The fourth-order valence-electron chi connectivity index (χ4n) is 2.21. The van der Waals surface area contributed by atoms with Crippen molar-refractivity contribution in [2.24, 2.45) is 0 Å². The van der Waals surface area contributed by atoms with Crippen LogP contribution in [0.5, 0.6) is 0 Å². The number of rotatable bonds is 3. The maximum atomic E-state index is 3.52. The summed E-state index contributed by atoms with van der Waals surface area (Å²) in [4.78, 5) is 0. The van der Waals surface area contributed by atoms with Crippen molar-refractivity contribution in [1.29, 1.82) is 0 Å². The van der Waals surface area contributed by atoms with E-state index in [-0.39, 0.29) is 0 Å². The Bertz CT molecular complexity index is 371. The van der Waals surface area contributed by atoms with Gasteiger partial charge in [-0.25, -0.2) is 0 Å². The normalized spacial score (nSPS) is 17.6. The molecule has 1 unspecified atom stereocenters. The topological polar surface area (TPSA) is 12.0 Å². The second-order valence-electron chi connectivity index (χ2n) is 3.95. The van der Waals surface area contributed by atoms with Gasteiger partial charge >= 0.3 is 0 Å². The summed E-state index contributed by atoms with van der Waals surface area (Å²) < 4.78 is 1.15. The lowest BCUT2D eigenvalue weighted by atomic mass is 9.98. The van der Waals surface area contributed by atoms with Crippen molar-refractivity contribution in [2.75, 3.05) is 7.05 Å². The predicted molar refractivity (Wildman–Crippen MR) is 67.9 cm³/mol. The maximum Gasteiger partial charge on any atom is 0.0534 e. The summed E-state index contributed by atoms with van der Waals surface area (Å²) in [7, 11) is 2.03. The zero-order chi connectivity index (χ0) is 10.7. The number of likely N-dealkylation sites (N-methyl/N-ethyl adjacent to an activating group) is 1. The molecule has 1 atom stereocenters. The van der Waals surface area contributed by atoms with Crippen LogP contribution in [-0.4, -0.2) is 7.05 Å². The molecule has 1 nitrogen and oxygen atoms in total. The molecular weight excluding hydrogens is 250 g/mol. The molecule has 1 aromatic carbocycles. The number of nitrogens with one attached hydrogen (secondary N) is 1. The predicted octanol–water partition coefficient (Wildman–Crippen LogP) is 3.82. The first kappa shape index (κ1) is 10.9. The van der Waals surface area contributed by atoms with Crippen LogP contribution in [-0.2, 0) is 0 Å². The van der Waals surface area contributed by atoms with Gasteiger partial charge in [0.05, 0.1) is 6.04 Å². The Hall–Kier alpha value is -0.600. The third-order valence-corrected chi connectivity index (χ3v) is 3.41. The van der Waals surface area contributed by atoms with Gasteiger partial charge in [-0.2, -0.15) is 0 Å². The van der Waals surface area contributed by atoms with Crippen molar-refractivity contribution in [3.05, 3.63) is 46.0 Å². The Labute approximate surface area is 99.7 Å². The van der Waals surface area contributed by atoms with Crippen molar-refractivity contribution in [2.45, 2.75) is 25.3 Å². The lowest BCUT2D eigenvalue weighted by Gasteiger charge is -2.18. The fourth-order valence-corrected chi connectivity index (χ4v) is 2.63. The van der Waals surface area contributed by atoms with Crippen LogP contribution in [0.15, 0.2) is 40.4 Å². The molecule has 2 rings (SSSR count). The molecule has 0 amide bonds. The maximum absolute atomic E-state index is 3.52. The van der Waals surface area contributed by atoms with Gasteiger partial charge in [0.15, 0.2) is 0 Å². The van der Waals surface area contributed by atoms with E-state index in [9.17, 15) is 0 Å². The van der Waals surface area contributed by atoms with Crippen LogP contribution < -0.4 is 5.32 Å². The summed E-state index contributed by atoms with van der Waals surface area (Å²) in [5.41, 5.74) is 2.88. The molecule has 1 N–H and O–H groups in total. The lowest BCUT2D eigenvalue weighted by molar-refractivity contribution is 0.655. The van der Waals surface area contributed by atoms with E-state index in [1.165, 1.54) is 30.4 Å². The molecule has 0 saturated heterocycles. The standard InChI is InChI=1S/C13H16BrN/c1-15-13(10-5-2-3-6-10)11-7-4-8-12(14)9-11/h4-5,7-9,13,15H,2-3,6H2,1H3. The van der Waals surface area contributed by atoms with Gasteiger partial charge in [-0.05, 0) is 44.0 Å². The van der Waals surface area contributed by atoms with E-state index >= 15 is 0 Å². The Morgan fingerprint density at radius 2 is 2.27 bits per heavy atom.